The molecule has 0 spiro atoms. The molecule has 2 aromatic carbocycles. The molecular weight excluding hydrogens is 434 g/mol. The number of aromatic nitrogens is 2. The highest BCUT2D eigenvalue weighted by Crippen LogP contribution is 2.26. The lowest BCUT2D eigenvalue weighted by Crippen LogP contribution is -2.40. The number of anilines is 2. The third-order valence-corrected chi connectivity index (χ3v) is 7.30. The first-order valence-corrected chi connectivity index (χ1v) is 13.0. The minimum atomic E-state index is 0.0256. The van der Waals surface area contributed by atoms with Gasteiger partial charge in [0.2, 0.25) is 5.95 Å². The lowest BCUT2D eigenvalue weighted by molar-refractivity contribution is 0.0980. The standard InChI is InChI=1S/C29H35N5O/c1-21(23-7-3-2-4-8-23)32-29-31-18-15-27(33-29)34(20-22-13-16-30-17-14-22)28(35)26-12-11-24-9-5-6-10-25(24)19-26/h2-4,7-8,11-12,15,18-19,21-22,30H,5-6,9-10,13-14,16-17,20H2,1H3,(H,31,32,33)/t21-/m0/s1. The predicted octanol–water partition coefficient (Wildman–Crippen LogP) is 5.17. The molecule has 6 heteroatoms. The smallest absolute Gasteiger partial charge is 0.259 e. The molecule has 1 atom stereocenters. The molecule has 1 aliphatic heterocycles. The van der Waals surface area contributed by atoms with Crippen molar-refractivity contribution in [2.75, 3.05) is 29.9 Å². The third kappa shape index (κ3) is 5.70. The highest BCUT2D eigenvalue weighted by Gasteiger charge is 2.25. The van der Waals surface area contributed by atoms with E-state index in [0.717, 1.165) is 44.3 Å². The van der Waals surface area contributed by atoms with Gasteiger partial charge in [-0.05, 0) is 99.3 Å². The van der Waals surface area contributed by atoms with Gasteiger partial charge in [-0.15, -0.1) is 0 Å². The first-order chi connectivity index (χ1) is 17.2. The second kappa shape index (κ2) is 11.0. The summed E-state index contributed by atoms with van der Waals surface area (Å²) in [5.74, 6) is 1.67. The number of nitrogens with zero attached hydrogens (tertiary/aromatic N) is 3. The number of nitrogens with one attached hydrogen (secondary N) is 2. The molecule has 1 saturated heterocycles. The van der Waals surface area contributed by atoms with Crippen LogP contribution in [0.25, 0.3) is 0 Å². The summed E-state index contributed by atoms with van der Waals surface area (Å²) in [6.45, 7) is 4.76. The number of carbonyl (C=O) groups excluding carboxylic acids is 1. The van der Waals surface area contributed by atoms with E-state index in [4.69, 9.17) is 4.98 Å². The molecule has 0 saturated carbocycles. The largest absolute Gasteiger partial charge is 0.348 e. The first-order valence-electron chi connectivity index (χ1n) is 13.0. The molecule has 6 nitrogen and oxygen atoms in total. The number of rotatable bonds is 7. The maximum atomic E-state index is 13.9. The molecule has 2 heterocycles. The van der Waals surface area contributed by atoms with Crippen molar-refractivity contribution in [1.29, 1.82) is 0 Å². The average molecular weight is 470 g/mol. The van der Waals surface area contributed by atoms with Crippen molar-refractivity contribution in [2.24, 2.45) is 5.92 Å². The van der Waals surface area contributed by atoms with E-state index < -0.39 is 0 Å². The summed E-state index contributed by atoms with van der Waals surface area (Å²) >= 11 is 0. The molecule has 0 radical (unpaired) electrons. The van der Waals surface area contributed by atoms with Crippen molar-refractivity contribution in [3.63, 3.8) is 0 Å². The number of benzene rings is 2. The second-order valence-electron chi connectivity index (χ2n) is 9.81. The van der Waals surface area contributed by atoms with Crippen LogP contribution in [-0.2, 0) is 12.8 Å². The molecule has 0 bridgehead atoms. The maximum Gasteiger partial charge on any atom is 0.259 e. The van der Waals surface area contributed by atoms with Crippen molar-refractivity contribution in [3.8, 4) is 0 Å². The van der Waals surface area contributed by atoms with E-state index in [1.54, 1.807) is 6.20 Å². The second-order valence-corrected chi connectivity index (χ2v) is 9.81. The van der Waals surface area contributed by atoms with Gasteiger partial charge in [0.25, 0.3) is 5.91 Å². The van der Waals surface area contributed by atoms with Crippen LogP contribution in [0.4, 0.5) is 11.8 Å². The Balaban J connectivity index is 1.41. The molecule has 5 rings (SSSR count). The van der Waals surface area contributed by atoms with E-state index in [1.165, 1.54) is 29.5 Å². The Morgan fingerprint density at radius 3 is 2.63 bits per heavy atom. The minimum Gasteiger partial charge on any atom is -0.348 e. The number of amides is 1. The van der Waals surface area contributed by atoms with E-state index in [9.17, 15) is 4.79 Å². The fraction of sp³-hybridized carbons (Fsp3) is 0.414. The van der Waals surface area contributed by atoms with Gasteiger partial charge < -0.3 is 10.6 Å². The van der Waals surface area contributed by atoms with Crippen LogP contribution in [0.2, 0.25) is 0 Å². The average Bonchev–Trinajstić information content (AvgIpc) is 2.92. The molecule has 2 aliphatic rings. The van der Waals surface area contributed by atoms with Gasteiger partial charge in [0.1, 0.15) is 5.82 Å². The summed E-state index contributed by atoms with van der Waals surface area (Å²) in [5.41, 5.74) is 4.63. The SMILES string of the molecule is C[C@H](Nc1nccc(N(CC2CCNCC2)C(=O)c2ccc3c(c2)CCCC3)n1)c1ccccc1. The zero-order valence-electron chi connectivity index (χ0n) is 20.5. The van der Waals surface area contributed by atoms with Gasteiger partial charge >= 0.3 is 0 Å². The fourth-order valence-electron chi connectivity index (χ4n) is 5.21. The Bertz CT molecular complexity index is 1140. The number of fused-ring (bicyclic) bond motifs is 1. The summed E-state index contributed by atoms with van der Waals surface area (Å²) in [7, 11) is 0. The van der Waals surface area contributed by atoms with Crippen molar-refractivity contribution < 1.29 is 4.79 Å². The zero-order chi connectivity index (χ0) is 24.0. The van der Waals surface area contributed by atoms with Crippen LogP contribution < -0.4 is 15.5 Å². The van der Waals surface area contributed by atoms with Gasteiger partial charge in [-0.3, -0.25) is 9.69 Å². The summed E-state index contributed by atoms with van der Waals surface area (Å²) in [5, 5.41) is 6.84. The molecule has 0 unspecified atom stereocenters. The Hall–Kier alpha value is -3.25. The molecule has 1 amide bonds. The van der Waals surface area contributed by atoms with E-state index in [2.05, 4.69) is 46.8 Å². The van der Waals surface area contributed by atoms with Gasteiger partial charge in [-0.2, -0.15) is 4.98 Å². The highest BCUT2D eigenvalue weighted by atomic mass is 16.2. The van der Waals surface area contributed by atoms with Crippen LogP contribution in [0.3, 0.4) is 0 Å². The number of carbonyl (C=O) groups is 1. The molecule has 3 aromatic rings. The normalized spacial score (nSPS) is 16.8. The summed E-state index contributed by atoms with van der Waals surface area (Å²) in [6, 6.07) is 18.4. The lowest BCUT2D eigenvalue weighted by Gasteiger charge is -2.30. The number of hydrogen-bond donors (Lipinski definition) is 2. The van der Waals surface area contributed by atoms with Crippen LogP contribution >= 0.6 is 0 Å². The van der Waals surface area contributed by atoms with Crippen molar-refractivity contribution >= 4 is 17.7 Å². The van der Waals surface area contributed by atoms with Gasteiger partial charge in [0.05, 0.1) is 6.04 Å². The molecule has 182 valence electrons. The highest BCUT2D eigenvalue weighted by molar-refractivity contribution is 6.05. The number of aryl methyl sites for hydroxylation is 2. The summed E-state index contributed by atoms with van der Waals surface area (Å²) < 4.78 is 0. The van der Waals surface area contributed by atoms with E-state index >= 15 is 0 Å². The fourth-order valence-corrected chi connectivity index (χ4v) is 5.21. The monoisotopic (exact) mass is 469 g/mol. The lowest BCUT2D eigenvalue weighted by atomic mass is 9.90. The molecule has 1 fully saturated rings. The van der Waals surface area contributed by atoms with Crippen LogP contribution in [0.1, 0.15) is 65.7 Å². The zero-order valence-corrected chi connectivity index (χ0v) is 20.5. The summed E-state index contributed by atoms with van der Waals surface area (Å²) in [4.78, 5) is 25.0. The quantitative estimate of drug-likeness (QED) is 0.499. The molecular formula is C29H35N5O. The first kappa shape index (κ1) is 23.5. The van der Waals surface area contributed by atoms with Crippen LogP contribution in [0, 0.1) is 5.92 Å². The van der Waals surface area contributed by atoms with Crippen molar-refractivity contribution in [2.45, 2.75) is 51.5 Å². The minimum absolute atomic E-state index is 0.0256. The van der Waals surface area contributed by atoms with Gasteiger partial charge in [-0.25, -0.2) is 4.98 Å². The third-order valence-electron chi connectivity index (χ3n) is 7.30. The summed E-state index contributed by atoms with van der Waals surface area (Å²) in [6.07, 6.45) is 8.49. The Morgan fingerprint density at radius 2 is 1.83 bits per heavy atom. The van der Waals surface area contributed by atoms with Crippen LogP contribution in [-0.4, -0.2) is 35.5 Å². The molecule has 1 aliphatic carbocycles. The topological polar surface area (TPSA) is 70.2 Å². The van der Waals surface area contributed by atoms with Crippen molar-refractivity contribution in [1.82, 2.24) is 15.3 Å². The van der Waals surface area contributed by atoms with E-state index in [1.807, 2.05) is 35.2 Å². The molecule has 2 N–H and O–H groups in total. The Morgan fingerprint density at radius 1 is 1.06 bits per heavy atom. The molecule has 35 heavy (non-hydrogen) atoms. The predicted molar refractivity (Wildman–Crippen MR) is 141 cm³/mol. The van der Waals surface area contributed by atoms with Gasteiger partial charge in [0, 0.05) is 18.3 Å². The number of piperidine rings is 1. The van der Waals surface area contributed by atoms with Crippen LogP contribution in [0.5, 0.6) is 0 Å². The Kier molecular flexibility index (Phi) is 7.38. The van der Waals surface area contributed by atoms with E-state index in [-0.39, 0.29) is 11.9 Å². The van der Waals surface area contributed by atoms with Gasteiger partial charge in [-0.1, -0.05) is 36.4 Å². The van der Waals surface area contributed by atoms with Gasteiger partial charge in [0.15, 0.2) is 0 Å². The number of hydrogen-bond acceptors (Lipinski definition) is 5. The van der Waals surface area contributed by atoms with Crippen molar-refractivity contribution in [3.05, 3.63) is 83.0 Å². The van der Waals surface area contributed by atoms with Crippen LogP contribution in [0.15, 0.2) is 60.8 Å². The maximum absolute atomic E-state index is 13.9. The molecule has 1 aromatic heterocycles. The Labute approximate surface area is 208 Å². The van der Waals surface area contributed by atoms with E-state index in [0.29, 0.717) is 24.2 Å².